The predicted molar refractivity (Wildman–Crippen MR) is 83.1 cm³/mol. The zero-order chi connectivity index (χ0) is 15.5. The third kappa shape index (κ3) is 3.14. The third-order valence-electron chi connectivity index (χ3n) is 3.96. The van der Waals surface area contributed by atoms with Crippen molar-refractivity contribution in [2.24, 2.45) is 5.73 Å². The number of benzene rings is 1. The normalized spacial score (nSPS) is 14.4. The van der Waals surface area contributed by atoms with Crippen molar-refractivity contribution in [2.45, 2.75) is 38.6 Å². The van der Waals surface area contributed by atoms with Gasteiger partial charge in [0.05, 0.1) is 6.61 Å². The van der Waals surface area contributed by atoms with E-state index in [1.807, 2.05) is 29.8 Å². The number of aryl methyl sites for hydroxylation is 1. The van der Waals surface area contributed by atoms with Gasteiger partial charge in [-0.25, -0.2) is 9.67 Å². The summed E-state index contributed by atoms with van der Waals surface area (Å²) in [6.07, 6.45) is 2.13. The van der Waals surface area contributed by atoms with Gasteiger partial charge in [-0.1, -0.05) is 29.8 Å². The standard InChI is InChI=1S/C16H24N4O/c1-12(2)20-15(18-11-19-20)8-16(9-17,10-21)14-6-4-5-13(3)7-14/h4-7,11-12,21H,8-10,17H2,1-3H3. The molecule has 0 saturated heterocycles. The topological polar surface area (TPSA) is 77.0 Å². The van der Waals surface area contributed by atoms with Gasteiger partial charge in [-0.05, 0) is 26.3 Å². The average molecular weight is 288 g/mol. The summed E-state index contributed by atoms with van der Waals surface area (Å²) in [5.74, 6) is 0.853. The number of aromatic nitrogens is 3. The molecule has 2 rings (SSSR count). The fourth-order valence-electron chi connectivity index (χ4n) is 2.61. The molecule has 0 radical (unpaired) electrons. The molecule has 0 aliphatic rings. The summed E-state index contributed by atoms with van der Waals surface area (Å²) >= 11 is 0. The Labute approximate surface area is 125 Å². The van der Waals surface area contributed by atoms with E-state index in [-0.39, 0.29) is 12.6 Å². The van der Waals surface area contributed by atoms with Crippen molar-refractivity contribution in [1.82, 2.24) is 14.8 Å². The first-order chi connectivity index (χ1) is 10.0. The minimum absolute atomic E-state index is 0.0160. The van der Waals surface area contributed by atoms with Crippen LogP contribution in [-0.4, -0.2) is 33.0 Å². The Morgan fingerprint density at radius 3 is 2.71 bits per heavy atom. The number of nitrogens with two attached hydrogens (primary N) is 1. The molecule has 0 saturated carbocycles. The van der Waals surface area contributed by atoms with Crippen LogP contribution >= 0.6 is 0 Å². The van der Waals surface area contributed by atoms with Crippen molar-refractivity contribution in [1.29, 1.82) is 0 Å². The monoisotopic (exact) mass is 288 g/mol. The molecule has 0 aliphatic carbocycles. The van der Waals surface area contributed by atoms with Crippen molar-refractivity contribution in [2.75, 3.05) is 13.2 Å². The van der Waals surface area contributed by atoms with Gasteiger partial charge in [0.1, 0.15) is 12.2 Å². The first-order valence-electron chi connectivity index (χ1n) is 7.29. The van der Waals surface area contributed by atoms with E-state index in [9.17, 15) is 5.11 Å². The summed E-state index contributed by atoms with van der Waals surface area (Å²) in [6, 6.07) is 8.37. The Kier molecular flexibility index (Phi) is 4.75. The number of rotatable bonds is 6. The van der Waals surface area contributed by atoms with E-state index in [1.54, 1.807) is 6.33 Å². The van der Waals surface area contributed by atoms with E-state index in [2.05, 4.69) is 30.0 Å². The molecule has 5 heteroatoms. The Morgan fingerprint density at radius 2 is 2.14 bits per heavy atom. The van der Waals surface area contributed by atoms with Crippen LogP contribution in [0, 0.1) is 6.92 Å². The second-order valence-corrected chi connectivity index (χ2v) is 5.90. The van der Waals surface area contributed by atoms with Crippen LogP contribution in [0.15, 0.2) is 30.6 Å². The highest BCUT2D eigenvalue weighted by molar-refractivity contribution is 5.31. The Bertz CT molecular complexity index is 587. The van der Waals surface area contributed by atoms with E-state index < -0.39 is 5.41 Å². The van der Waals surface area contributed by atoms with Gasteiger partial charge in [0, 0.05) is 24.4 Å². The minimum atomic E-state index is -0.522. The molecule has 21 heavy (non-hydrogen) atoms. The Hall–Kier alpha value is -1.72. The first kappa shape index (κ1) is 15.7. The van der Waals surface area contributed by atoms with Crippen molar-refractivity contribution < 1.29 is 5.11 Å². The van der Waals surface area contributed by atoms with Crippen molar-refractivity contribution in [3.63, 3.8) is 0 Å². The van der Waals surface area contributed by atoms with Crippen molar-refractivity contribution >= 4 is 0 Å². The third-order valence-corrected chi connectivity index (χ3v) is 3.96. The highest BCUT2D eigenvalue weighted by Gasteiger charge is 2.32. The average Bonchev–Trinajstić information content (AvgIpc) is 2.93. The van der Waals surface area contributed by atoms with Crippen molar-refractivity contribution in [3.8, 4) is 0 Å². The SMILES string of the molecule is Cc1cccc(C(CN)(CO)Cc2ncnn2C(C)C)c1. The van der Waals surface area contributed by atoms with Gasteiger partial charge in [-0.2, -0.15) is 5.10 Å². The number of hydrogen-bond donors (Lipinski definition) is 2. The molecule has 0 fully saturated rings. The molecular weight excluding hydrogens is 264 g/mol. The molecule has 3 N–H and O–H groups in total. The maximum atomic E-state index is 10.0. The van der Waals surface area contributed by atoms with E-state index in [4.69, 9.17) is 5.73 Å². The molecule has 1 aromatic heterocycles. The minimum Gasteiger partial charge on any atom is -0.395 e. The number of aliphatic hydroxyl groups excluding tert-OH is 1. The summed E-state index contributed by atoms with van der Waals surface area (Å²) in [7, 11) is 0. The van der Waals surface area contributed by atoms with Crippen LogP contribution < -0.4 is 5.73 Å². The molecule has 0 aliphatic heterocycles. The van der Waals surface area contributed by atoms with Gasteiger partial charge in [-0.3, -0.25) is 0 Å². The second-order valence-electron chi connectivity index (χ2n) is 5.90. The lowest BCUT2D eigenvalue weighted by Gasteiger charge is -2.31. The summed E-state index contributed by atoms with van der Waals surface area (Å²) in [6.45, 7) is 6.51. The maximum absolute atomic E-state index is 10.0. The van der Waals surface area contributed by atoms with Gasteiger partial charge in [-0.15, -0.1) is 0 Å². The summed E-state index contributed by atoms with van der Waals surface area (Å²) in [5, 5.41) is 14.3. The predicted octanol–water partition coefficient (Wildman–Crippen LogP) is 1.60. The first-order valence-corrected chi connectivity index (χ1v) is 7.29. The molecule has 1 unspecified atom stereocenters. The second kappa shape index (κ2) is 6.37. The molecule has 1 aromatic carbocycles. The quantitative estimate of drug-likeness (QED) is 0.846. The van der Waals surface area contributed by atoms with Crippen LogP contribution in [0.25, 0.3) is 0 Å². The maximum Gasteiger partial charge on any atom is 0.138 e. The van der Waals surface area contributed by atoms with Gasteiger partial charge < -0.3 is 10.8 Å². The number of hydrogen-bond acceptors (Lipinski definition) is 4. The molecule has 0 amide bonds. The highest BCUT2D eigenvalue weighted by atomic mass is 16.3. The molecule has 2 aromatic rings. The Morgan fingerprint density at radius 1 is 1.38 bits per heavy atom. The molecular formula is C16H24N4O. The number of aliphatic hydroxyl groups is 1. The van der Waals surface area contributed by atoms with E-state index in [1.165, 1.54) is 0 Å². The van der Waals surface area contributed by atoms with Crippen LogP contribution in [0.5, 0.6) is 0 Å². The zero-order valence-electron chi connectivity index (χ0n) is 13.0. The lowest BCUT2D eigenvalue weighted by atomic mass is 9.77. The van der Waals surface area contributed by atoms with Gasteiger partial charge in [0.15, 0.2) is 0 Å². The fraction of sp³-hybridized carbons (Fsp3) is 0.500. The van der Waals surface area contributed by atoms with Crippen LogP contribution in [0.2, 0.25) is 0 Å². The summed E-state index contributed by atoms with van der Waals surface area (Å²) < 4.78 is 1.88. The highest BCUT2D eigenvalue weighted by Crippen LogP contribution is 2.28. The van der Waals surface area contributed by atoms with E-state index >= 15 is 0 Å². The van der Waals surface area contributed by atoms with E-state index in [0.717, 1.165) is 17.0 Å². The number of nitrogens with zero attached hydrogens (tertiary/aromatic N) is 3. The molecule has 0 spiro atoms. The van der Waals surface area contributed by atoms with Gasteiger partial charge >= 0.3 is 0 Å². The van der Waals surface area contributed by atoms with E-state index in [0.29, 0.717) is 13.0 Å². The van der Waals surface area contributed by atoms with Crippen LogP contribution in [-0.2, 0) is 11.8 Å². The van der Waals surface area contributed by atoms with Crippen molar-refractivity contribution in [3.05, 3.63) is 47.5 Å². The molecule has 5 nitrogen and oxygen atoms in total. The Balaban J connectivity index is 2.41. The largest absolute Gasteiger partial charge is 0.395 e. The van der Waals surface area contributed by atoms with Crippen LogP contribution in [0.4, 0.5) is 0 Å². The lowest BCUT2D eigenvalue weighted by molar-refractivity contribution is 0.192. The van der Waals surface area contributed by atoms with Gasteiger partial charge in [0.25, 0.3) is 0 Å². The lowest BCUT2D eigenvalue weighted by Crippen LogP contribution is -2.42. The summed E-state index contributed by atoms with van der Waals surface area (Å²) in [4.78, 5) is 4.35. The molecule has 1 atom stereocenters. The van der Waals surface area contributed by atoms with Crippen LogP contribution in [0.1, 0.15) is 36.8 Å². The zero-order valence-corrected chi connectivity index (χ0v) is 13.0. The summed E-state index contributed by atoms with van der Waals surface area (Å²) in [5.41, 5.74) is 7.71. The molecule has 114 valence electrons. The van der Waals surface area contributed by atoms with Gasteiger partial charge in [0.2, 0.25) is 0 Å². The fourth-order valence-corrected chi connectivity index (χ4v) is 2.61. The molecule has 0 bridgehead atoms. The molecule has 1 heterocycles. The van der Waals surface area contributed by atoms with Crippen LogP contribution in [0.3, 0.4) is 0 Å². The smallest absolute Gasteiger partial charge is 0.138 e.